The number of halogens is 2. The van der Waals surface area contributed by atoms with Gasteiger partial charge in [-0.25, -0.2) is 4.68 Å². The molecule has 1 aromatic heterocycles. The molecule has 0 spiro atoms. The monoisotopic (exact) mass is 257 g/mol. The van der Waals surface area contributed by atoms with E-state index in [9.17, 15) is 0 Å². The minimum Gasteiger partial charge on any atom is -0.471 e. The van der Waals surface area contributed by atoms with Gasteiger partial charge in [-0.15, -0.1) is 0 Å². The van der Waals surface area contributed by atoms with Crippen molar-refractivity contribution in [3.63, 3.8) is 0 Å². The molecule has 0 saturated carbocycles. The Morgan fingerprint density at radius 3 is 2.50 bits per heavy atom. The zero-order valence-electron chi connectivity index (χ0n) is 8.23. The van der Waals surface area contributed by atoms with Crippen LogP contribution in [0.1, 0.15) is 0 Å². The molecule has 1 heterocycles. The molecule has 0 unspecified atom stereocenters. The number of ether oxygens (including phenoxy) is 1. The zero-order valence-corrected chi connectivity index (χ0v) is 9.74. The Morgan fingerprint density at radius 2 is 1.94 bits per heavy atom. The highest BCUT2D eigenvalue weighted by atomic mass is 35.5. The topological polar surface area (TPSA) is 53.1 Å². The second kappa shape index (κ2) is 4.63. The zero-order chi connectivity index (χ0) is 11.5. The quantitative estimate of drug-likeness (QED) is 0.920. The van der Waals surface area contributed by atoms with Gasteiger partial charge in [0, 0.05) is 10.0 Å². The van der Waals surface area contributed by atoms with Crippen molar-refractivity contribution < 1.29 is 4.74 Å². The molecule has 1 aromatic carbocycles. The van der Waals surface area contributed by atoms with E-state index in [1.807, 2.05) is 0 Å². The molecule has 6 heteroatoms. The van der Waals surface area contributed by atoms with E-state index in [1.165, 1.54) is 0 Å². The predicted octanol–water partition coefficient (Wildman–Crippen LogP) is 2.81. The van der Waals surface area contributed by atoms with Crippen molar-refractivity contribution in [2.45, 2.75) is 6.73 Å². The van der Waals surface area contributed by atoms with Crippen LogP contribution in [-0.2, 0) is 6.73 Å². The Hall–Kier alpha value is -1.39. The summed E-state index contributed by atoms with van der Waals surface area (Å²) in [7, 11) is 0. The highest BCUT2D eigenvalue weighted by molar-refractivity contribution is 6.34. The lowest BCUT2D eigenvalue weighted by Crippen LogP contribution is -2.05. The van der Waals surface area contributed by atoms with E-state index in [4.69, 9.17) is 33.7 Å². The molecule has 0 saturated heterocycles. The third-order valence-corrected chi connectivity index (χ3v) is 2.29. The smallest absolute Gasteiger partial charge is 0.180 e. The Kier molecular flexibility index (Phi) is 3.22. The normalized spacial score (nSPS) is 10.4. The maximum atomic E-state index is 5.83. The molecule has 0 fully saturated rings. The van der Waals surface area contributed by atoms with E-state index in [-0.39, 0.29) is 6.73 Å². The van der Waals surface area contributed by atoms with Gasteiger partial charge in [0.05, 0.1) is 18.1 Å². The summed E-state index contributed by atoms with van der Waals surface area (Å²) in [5, 5.41) is 5.04. The fourth-order valence-corrected chi connectivity index (χ4v) is 1.71. The van der Waals surface area contributed by atoms with Gasteiger partial charge in [-0.2, -0.15) is 5.10 Å². The van der Waals surface area contributed by atoms with E-state index in [1.54, 1.807) is 35.3 Å². The van der Waals surface area contributed by atoms with Gasteiger partial charge in [0.15, 0.2) is 6.73 Å². The van der Waals surface area contributed by atoms with Gasteiger partial charge in [0.25, 0.3) is 0 Å². The van der Waals surface area contributed by atoms with E-state index >= 15 is 0 Å². The number of aromatic nitrogens is 2. The average molecular weight is 258 g/mol. The molecule has 2 aromatic rings. The maximum absolute atomic E-state index is 5.83. The number of hydrogen-bond donors (Lipinski definition) is 1. The van der Waals surface area contributed by atoms with Gasteiger partial charge in [-0.3, -0.25) is 0 Å². The highest BCUT2D eigenvalue weighted by Crippen LogP contribution is 2.24. The molecule has 0 aliphatic heterocycles. The van der Waals surface area contributed by atoms with Crippen molar-refractivity contribution in [3.05, 3.63) is 40.6 Å². The van der Waals surface area contributed by atoms with Crippen molar-refractivity contribution in [2.24, 2.45) is 0 Å². The van der Waals surface area contributed by atoms with E-state index in [2.05, 4.69) is 5.10 Å². The molecule has 4 nitrogen and oxygen atoms in total. The summed E-state index contributed by atoms with van der Waals surface area (Å²) in [6, 6.07) is 5.00. The molecule has 0 atom stereocenters. The van der Waals surface area contributed by atoms with Crippen LogP contribution in [0, 0.1) is 0 Å². The lowest BCUT2D eigenvalue weighted by atomic mass is 10.3. The molecular formula is C10H9Cl2N3O. The molecule has 0 aliphatic rings. The molecule has 0 aliphatic carbocycles. The van der Waals surface area contributed by atoms with E-state index < -0.39 is 0 Å². The fraction of sp³-hybridized carbons (Fsp3) is 0.100. The number of nitrogens with two attached hydrogens (primary N) is 1. The molecule has 0 bridgehead atoms. The summed E-state index contributed by atoms with van der Waals surface area (Å²) in [6.07, 6.45) is 3.22. The Morgan fingerprint density at radius 1 is 1.25 bits per heavy atom. The van der Waals surface area contributed by atoms with Crippen LogP contribution in [0.4, 0.5) is 5.69 Å². The Balaban J connectivity index is 2.04. The Labute approximate surface area is 103 Å². The first-order valence-corrected chi connectivity index (χ1v) is 5.26. The van der Waals surface area contributed by atoms with Gasteiger partial charge in [0.1, 0.15) is 5.75 Å². The van der Waals surface area contributed by atoms with Crippen LogP contribution in [0.25, 0.3) is 0 Å². The van der Waals surface area contributed by atoms with Gasteiger partial charge in [-0.05, 0) is 18.2 Å². The Bertz CT molecular complexity index is 478. The summed E-state index contributed by atoms with van der Waals surface area (Å²) < 4.78 is 7.02. The molecule has 2 N–H and O–H groups in total. The molecule has 84 valence electrons. The van der Waals surface area contributed by atoms with E-state index in [0.29, 0.717) is 21.5 Å². The van der Waals surface area contributed by atoms with Gasteiger partial charge < -0.3 is 10.5 Å². The van der Waals surface area contributed by atoms with Crippen LogP contribution in [0.15, 0.2) is 30.6 Å². The van der Waals surface area contributed by atoms with Crippen LogP contribution in [-0.4, -0.2) is 9.78 Å². The summed E-state index contributed by atoms with van der Waals surface area (Å²) in [5.41, 5.74) is 6.11. The number of nitrogens with zero attached hydrogens (tertiary/aromatic N) is 2. The molecular weight excluding hydrogens is 249 g/mol. The minimum absolute atomic E-state index is 0.258. The number of hydrogen-bond acceptors (Lipinski definition) is 3. The first kappa shape index (κ1) is 11.1. The van der Waals surface area contributed by atoms with E-state index in [0.717, 1.165) is 0 Å². The molecule has 16 heavy (non-hydrogen) atoms. The molecule has 0 radical (unpaired) electrons. The average Bonchev–Trinajstić information content (AvgIpc) is 2.60. The third kappa shape index (κ3) is 2.81. The maximum Gasteiger partial charge on any atom is 0.180 e. The van der Waals surface area contributed by atoms with Crippen molar-refractivity contribution in [1.29, 1.82) is 0 Å². The van der Waals surface area contributed by atoms with Crippen molar-refractivity contribution in [3.8, 4) is 5.75 Å². The first-order chi connectivity index (χ1) is 7.63. The molecule has 2 rings (SSSR count). The summed E-state index contributed by atoms with van der Waals surface area (Å²) in [5.74, 6) is 0.589. The van der Waals surface area contributed by atoms with Crippen molar-refractivity contribution in [2.75, 3.05) is 5.73 Å². The van der Waals surface area contributed by atoms with Gasteiger partial charge >= 0.3 is 0 Å². The van der Waals surface area contributed by atoms with Crippen LogP contribution in [0.3, 0.4) is 0 Å². The fourth-order valence-electron chi connectivity index (χ4n) is 1.20. The minimum atomic E-state index is 0.258. The highest BCUT2D eigenvalue weighted by Gasteiger charge is 2.00. The predicted molar refractivity (Wildman–Crippen MR) is 63.7 cm³/mol. The van der Waals surface area contributed by atoms with Gasteiger partial charge in [0.2, 0.25) is 0 Å². The van der Waals surface area contributed by atoms with Crippen molar-refractivity contribution in [1.82, 2.24) is 9.78 Å². The van der Waals surface area contributed by atoms with Crippen LogP contribution in [0.5, 0.6) is 5.75 Å². The second-order valence-corrected chi connectivity index (χ2v) is 4.06. The summed E-state index contributed by atoms with van der Waals surface area (Å²) >= 11 is 11.7. The van der Waals surface area contributed by atoms with Gasteiger partial charge in [-0.1, -0.05) is 23.2 Å². The van der Waals surface area contributed by atoms with Crippen molar-refractivity contribution >= 4 is 28.9 Å². The van der Waals surface area contributed by atoms with Crippen LogP contribution < -0.4 is 10.5 Å². The molecule has 0 amide bonds. The lowest BCUT2D eigenvalue weighted by molar-refractivity contribution is 0.221. The summed E-state index contributed by atoms with van der Waals surface area (Å²) in [6.45, 7) is 0.258. The van der Waals surface area contributed by atoms with Crippen LogP contribution >= 0.6 is 23.2 Å². The summed E-state index contributed by atoms with van der Waals surface area (Å²) in [4.78, 5) is 0. The standard InChI is InChI=1S/C10H9Cl2N3O/c11-7-1-8(12)3-10(2-7)16-6-15-5-9(13)4-14-15/h1-5H,6,13H2. The lowest BCUT2D eigenvalue weighted by Gasteiger charge is -2.06. The SMILES string of the molecule is Nc1cnn(COc2cc(Cl)cc(Cl)c2)c1. The largest absolute Gasteiger partial charge is 0.471 e. The van der Waals surface area contributed by atoms with Crippen LogP contribution in [0.2, 0.25) is 10.0 Å². The second-order valence-electron chi connectivity index (χ2n) is 3.19. The first-order valence-electron chi connectivity index (χ1n) is 4.50. The number of rotatable bonds is 3. The number of nitrogen functional groups attached to an aromatic ring is 1. The third-order valence-electron chi connectivity index (χ3n) is 1.85. The number of anilines is 1. The number of benzene rings is 1.